The number of likely N-dealkylation sites (tertiary alicyclic amines) is 1. The number of hydrogen-bond donors (Lipinski definition) is 1. The molecule has 1 aliphatic rings. The Hall–Kier alpha value is -1.56. The molecule has 26 heavy (non-hydrogen) atoms. The van der Waals surface area contributed by atoms with Gasteiger partial charge in [0.05, 0.1) is 0 Å². The van der Waals surface area contributed by atoms with Gasteiger partial charge in [-0.2, -0.15) is 0 Å². The number of hydrogen-bond acceptors (Lipinski definition) is 3. The minimum atomic E-state index is -0.0222. The molecular formula is C20H26ClN3OS. The fourth-order valence-corrected chi connectivity index (χ4v) is 4.28. The second kappa shape index (κ2) is 9.40. The van der Waals surface area contributed by atoms with Crippen molar-refractivity contribution in [2.45, 2.75) is 25.9 Å². The summed E-state index contributed by atoms with van der Waals surface area (Å²) in [7, 11) is 1.82. The maximum Gasteiger partial charge on any atom is 0.317 e. The highest BCUT2D eigenvalue weighted by Gasteiger charge is 2.20. The van der Waals surface area contributed by atoms with Crippen molar-refractivity contribution in [3.8, 4) is 0 Å². The first-order chi connectivity index (χ1) is 12.6. The van der Waals surface area contributed by atoms with Crippen LogP contribution < -0.4 is 5.32 Å². The predicted molar refractivity (Wildman–Crippen MR) is 109 cm³/mol. The zero-order valence-corrected chi connectivity index (χ0v) is 16.7. The Bertz CT molecular complexity index is 699. The lowest BCUT2D eigenvalue weighted by Gasteiger charge is -2.32. The molecule has 0 aliphatic carbocycles. The molecule has 0 unspecified atom stereocenters. The van der Waals surface area contributed by atoms with Crippen LogP contribution in [-0.2, 0) is 13.1 Å². The predicted octanol–water partition coefficient (Wildman–Crippen LogP) is 4.46. The SMILES string of the molecule is CN(Cc1cccc(Cl)c1)C(=O)NCC1CCN(Cc2cccs2)CC1. The summed E-state index contributed by atoms with van der Waals surface area (Å²) >= 11 is 7.83. The van der Waals surface area contributed by atoms with Crippen LogP contribution in [0.3, 0.4) is 0 Å². The fourth-order valence-electron chi connectivity index (χ4n) is 3.32. The van der Waals surface area contributed by atoms with Gasteiger partial charge in [0, 0.05) is 36.6 Å². The highest BCUT2D eigenvalue weighted by Crippen LogP contribution is 2.20. The van der Waals surface area contributed by atoms with Gasteiger partial charge >= 0.3 is 6.03 Å². The molecule has 3 rings (SSSR count). The number of rotatable bonds is 6. The van der Waals surface area contributed by atoms with Crippen LogP contribution in [0.5, 0.6) is 0 Å². The standard InChI is InChI=1S/C20H26ClN3OS/c1-23(14-17-4-2-5-18(21)12-17)20(25)22-13-16-7-9-24(10-8-16)15-19-6-3-11-26-19/h2-6,11-12,16H,7-10,13-15H2,1H3,(H,22,25). The summed E-state index contributed by atoms with van der Waals surface area (Å²) in [4.78, 5) is 18.0. The van der Waals surface area contributed by atoms with Gasteiger partial charge in [-0.25, -0.2) is 4.79 Å². The number of nitrogens with one attached hydrogen (secondary N) is 1. The van der Waals surface area contributed by atoms with Crippen molar-refractivity contribution in [2.75, 3.05) is 26.7 Å². The van der Waals surface area contributed by atoms with Crippen molar-refractivity contribution >= 4 is 29.0 Å². The van der Waals surface area contributed by atoms with E-state index in [-0.39, 0.29) is 6.03 Å². The molecule has 0 bridgehead atoms. The van der Waals surface area contributed by atoms with Crippen molar-refractivity contribution < 1.29 is 4.79 Å². The van der Waals surface area contributed by atoms with E-state index >= 15 is 0 Å². The maximum absolute atomic E-state index is 12.3. The van der Waals surface area contributed by atoms with Crippen LogP contribution in [0.15, 0.2) is 41.8 Å². The smallest absolute Gasteiger partial charge is 0.317 e. The number of amides is 2. The Morgan fingerprint density at radius 1 is 1.31 bits per heavy atom. The molecule has 1 aliphatic heterocycles. The third-order valence-corrected chi connectivity index (χ3v) is 5.96. The van der Waals surface area contributed by atoms with Gasteiger partial charge in [0.2, 0.25) is 0 Å². The summed E-state index contributed by atoms with van der Waals surface area (Å²) in [5.41, 5.74) is 1.04. The van der Waals surface area contributed by atoms with E-state index in [0.29, 0.717) is 17.5 Å². The lowest BCUT2D eigenvalue weighted by molar-refractivity contribution is 0.171. The first kappa shape index (κ1) is 19.2. The normalized spacial score (nSPS) is 15.8. The van der Waals surface area contributed by atoms with Gasteiger partial charge in [-0.1, -0.05) is 29.8 Å². The zero-order valence-electron chi connectivity index (χ0n) is 15.2. The zero-order chi connectivity index (χ0) is 18.4. The van der Waals surface area contributed by atoms with Crippen molar-refractivity contribution in [3.05, 3.63) is 57.2 Å². The average molecular weight is 392 g/mol. The molecule has 1 N–H and O–H groups in total. The van der Waals surface area contributed by atoms with Crippen LogP contribution >= 0.6 is 22.9 Å². The lowest BCUT2D eigenvalue weighted by atomic mass is 9.97. The molecule has 1 aromatic heterocycles. The van der Waals surface area contributed by atoms with E-state index in [9.17, 15) is 4.79 Å². The van der Waals surface area contributed by atoms with E-state index < -0.39 is 0 Å². The Labute approximate surface area is 164 Å². The van der Waals surface area contributed by atoms with Crippen molar-refractivity contribution in [1.82, 2.24) is 15.1 Å². The van der Waals surface area contributed by atoms with Crippen molar-refractivity contribution in [1.29, 1.82) is 0 Å². The third-order valence-electron chi connectivity index (χ3n) is 4.86. The van der Waals surface area contributed by atoms with E-state index in [4.69, 9.17) is 11.6 Å². The van der Waals surface area contributed by atoms with Gasteiger partial charge in [0.15, 0.2) is 0 Å². The molecule has 0 saturated carbocycles. The molecule has 4 nitrogen and oxygen atoms in total. The average Bonchev–Trinajstić information content (AvgIpc) is 3.14. The highest BCUT2D eigenvalue weighted by molar-refractivity contribution is 7.09. The van der Waals surface area contributed by atoms with Crippen LogP contribution in [0.1, 0.15) is 23.3 Å². The molecule has 6 heteroatoms. The summed E-state index contributed by atoms with van der Waals surface area (Å²) in [6, 6.07) is 11.9. The number of benzene rings is 1. The maximum atomic E-state index is 12.3. The number of carbonyl (C=O) groups excluding carboxylic acids is 1. The molecular weight excluding hydrogens is 366 g/mol. The Kier molecular flexibility index (Phi) is 6.94. The highest BCUT2D eigenvalue weighted by atomic mass is 35.5. The summed E-state index contributed by atoms with van der Waals surface area (Å²) in [6.45, 7) is 4.59. The van der Waals surface area contributed by atoms with E-state index in [1.54, 1.807) is 4.90 Å². The first-order valence-electron chi connectivity index (χ1n) is 9.08. The van der Waals surface area contributed by atoms with Crippen LogP contribution in [0, 0.1) is 5.92 Å². The van der Waals surface area contributed by atoms with Gasteiger partial charge in [0.25, 0.3) is 0 Å². The third kappa shape index (κ3) is 5.73. The van der Waals surface area contributed by atoms with E-state index in [2.05, 4.69) is 27.7 Å². The largest absolute Gasteiger partial charge is 0.338 e. The number of carbonyl (C=O) groups is 1. The number of thiophene rings is 1. The molecule has 0 radical (unpaired) electrons. The molecule has 0 atom stereocenters. The first-order valence-corrected chi connectivity index (χ1v) is 10.3. The monoisotopic (exact) mass is 391 g/mol. The van der Waals surface area contributed by atoms with Crippen LogP contribution in [0.4, 0.5) is 4.79 Å². The Balaban J connectivity index is 1.37. The Morgan fingerprint density at radius 2 is 2.12 bits per heavy atom. The Morgan fingerprint density at radius 3 is 2.81 bits per heavy atom. The molecule has 2 aromatic rings. The minimum absolute atomic E-state index is 0.0222. The molecule has 0 spiro atoms. The van der Waals surface area contributed by atoms with E-state index in [1.165, 1.54) is 4.88 Å². The van der Waals surface area contributed by atoms with Crippen LogP contribution in [0.25, 0.3) is 0 Å². The van der Waals surface area contributed by atoms with Gasteiger partial charge in [-0.3, -0.25) is 4.90 Å². The molecule has 1 saturated heterocycles. The molecule has 1 fully saturated rings. The van der Waals surface area contributed by atoms with Crippen molar-refractivity contribution in [3.63, 3.8) is 0 Å². The van der Waals surface area contributed by atoms with Gasteiger partial charge < -0.3 is 10.2 Å². The molecule has 140 valence electrons. The fraction of sp³-hybridized carbons (Fsp3) is 0.450. The minimum Gasteiger partial charge on any atom is -0.338 e. The number of urea groups is 1. The number of nitrogens with zero attached hydrogens (tertiary/aromatic N) is 2. The summed E-state index contributed by atoms with van der Waals surface area (Å²) in [5, 5.41) is 5.92. The van der Waals surface area contributed by atoms with Gasteiger partial charge in [-0.15, -0.1) is 11.3 Å². The second-order valence-corrected chi connectivity index (χ2v) is 8.44. The molecule has 2 amide bonds. The quantitative estimate of drug-likeness (QED) is 0.789. The molecule has 1 aromatic carbocycles. The second-order valence-electron chi connectivity index (χ2n) is 6.97. The summed E-state index contributed by atoms with van der Waals surface area (Å²) < 4.78 is 0. The number of halogens is 1. The van der Waals surface area contributed by atoms with Crippen LogP contribution in [-0.4, -0.2) is 42.5 Å². The van der Waals surface area contributed by atoms with Gasteiger partial charge in [-0.05, 0) is 61.0 Å². The summed E-state index contributed by atoms with van der Waals surface area (Å²) in [5.74, 6) is 0.568. The molecule has 2 heterocycles. The summed E-state index contributed by atoms with van der Waals surface area (Å²) in [6.07, 6.45) is 2.29. The topological polar surface area (TPSA) is 35.6 Å². The van der Waals surface area contributed by atoms with Crippen LogP contribution in [0.2, 0.25) is 5.02 Å². The van der Waals surface area contributed by atoms with Gasteiger partial charge in [0.1, 0.15) is 0 Å². The van der Waals surface area contributed by atoms with E-state index in [1.807, 2.05) is 42.6 Å². The van der Waals surface area contributed by atoms with E-state index in [0.717, 1.165) is 44.6 Å². The van der Waals surface area contributed by atoms with Crippen molar-refractivity contribution in [2.24, 2.45) is 5.92 Å². The number of piperidine rings is 1. The lowest BCUT2D eigenvalue weighted by Crippen LogP contribution is -2.42.